The molecule has 0 radical (unpaired) electrons. The summed E-state index contributed by atoms with van der Waals surface area (Å²) in [5.41, 5.74) is 7.76. The van der Waals surface area contributed by atoms with Crippen LogP contribution in [0.2, 0.25) is 0 Å². The molecule has 2 aliphatic rings. The molecule has 1 aliphatic heterocycles. The first kappa shape index (κ1) is 17.3. The molecule has 4 aromatic carbocycles. The molecule has 0 saturated heterocycles. The monoisotopic (exact) mass is 390 g/mol. The fraction of sp³-hybridized carbons (Fsp3) is 0.143. The molecule has 0 saturated carbocycles. The number of fused-ring (bicyclic) bond motifs is 5. The van der Waals surface area contributed by atoms with Crippen LogP contribution in [0.4, 0.5) is 0 Å². The lowest BCUT2D eigenvalue weighted by molar-refractivity contribution is 0.412. The van der Waals surface area contributed by atoms with Gasteiger partial charge in [-0.15, -0.1) is 0 Å². The van der Waals surface area contributed by atoms with Crippen LogP contribution in [0.5, 0.6) is 17.2 Å². The van der Waals surface area contributed by atoms with Crippen LogP contribution < -0.4 is 9.47 Å². The molecule has 1 aliphatic carbocycles. The van der Waals surface area contributed by atoms with Crippen molar-refractivity contribution in [3.8, 4) is 17.2 Å². The Morgan fingerprint density at radius 3 is 2.53 bits per heavy atom. The largest absolute Gasteiger partial charge is 0.497 e. The number of hydrogen-bond donors (Lipinski definition) is 0. The zero-order valence-corrected chi connectivity index (χ0v) is 17.1. The minimum atomic E-state index is 0.422. The van der Waals surface area contributed by atoms with Gasteiger partial charge in [-0.3, -0.25) is 0 Å². The van der Waals surface area contributed by atoms with E-state index in [1.807, 2.05) is 18.2 Å². The Morgan fingerprint density at radius 2 is 1.63 bits per heavy atom. The van der Waals surface area contributed by atoms with Crippen molar-refractivity contribution in [2.45, 2.75) is 13.3 Å². The van der Waals surface area contributed by atoms with Crippen molar-refractivity contribution in [1.82, 2.24) is 0 Å². The Labute approximate surface area is 176 Å². The summed E-state index contributed by atoms with van der Waals surface area (Å²) in [4.78, 5) is 0. The first-order valence-electron chi connectivity index (χ1n) is 10.5. The van der Waals surface area contributed by atoms with E-state index in [-0.39, 0.29) is 0 Å². The average Bonchev–Trinajstić information content (AvgIpc) is 3.13. The maximum Gasteiger partial charge on any atom is 0.135 e. The third-order valence-electron chi connectivity index (χ3n) is 6.41. The van der Waals surface area contributed by atoms with E-state index in [2.05, 4.69) is 67.6 Å². The summed E-state index contributed by atoms with van der Waals surface area (Å²) in [7, 11) is 1.72. The number of allylic oxidation sites excluding steroid dienone is 1. The fourth-order valence-electron chi connectivity index (χ4n) is 5.09. The highest BCUT2D eigenvalue weighted by atomic mass is 16.5. The number of methoxy groups -OCH3 is 1. The third-order valence-corrected chi connectivity index (χ3v) is 6.41. The molecule has 30 heavy (non-hydrogen) atoms. The van der Waals surface area contributed by atoms with Gasteiger partial charge in [0.2, 0.25) is 0 Å². The molecule has 0 aromatic heterocycles. The topological polar surface area (TPSA) is 18.5 Å². The highest BCUT2D eigenvalue weighted by molar-refractivity contribution is 6.10. The van der Waals surface area contributed by atoms with E-state index >= 15 is 0 Å². The molecule has 6 rings (SSSR count). The van der Waals surface area contributed by atoms with Gasteiger partial charge in [0.15, 0.2) is 0 Å². The lowest BCUT2D eigenvalue weighted by atomic mass is 9.84. The zero-order valence-electron chi connectivity index (χ0n) is 17.1. The van der Waals surface area contributed by atoms with Gasteiger partial charge in [-0.05, 0) is 64.1 Å². The minimum Gasteiger partial charge on any atom is -0.497 e. The van der Waals surface area contributed by atoms with Crippen molar-refractivity contribution in [2.75, 3.05) is 7.11 Å². The molecule has 0 fully saturated rings. The summed E-state index contributed by atoms with van der Waals surface area (Å²) in [5.74, 6) is 3.07. The van der Waals surface area contributed by atoms with E-state index in [4.69, 9.17) is 9.47 Å². The lowest BCUT2D eigenvalue weighted by Crippen LogP contribution is -2.06. The van der Waals surface area contributed by atoms with Crippen LogP contribution in [-0.4, -0.2) is 7.11 Å². The van der Waals surface area contributed by atoms with E-state index in [0.717, 1.165) is 34.8 Å². The van der Waals surface area contributed by atoms with Crippen LogP contribution in [0.25, 0.3) is 21.9 Å². The van der Waals surface area contributed by atoms with Crippen molar-refractivity contribution in [3.05, 3.63) is 101 Å². The van der Waals surface area contributed by atoms with Crippen molar-refractivity contribution in [1.29, 1.82) is 0 Å². The van der Waals surface area contributed by atoms with Crippen molar-refractivity contribution in [2.24, 2.45) is 5.92 Å². The number of hydrogen-bond acceptors (Lipinski definition) is 2. The van der Waals surface area contributed by atoms with Gasteiger partial charge in [-0.25, -0.2) is 0 Å². The van der Waals surface area contributed by atoms with Crippen LogP contribution in [0.1, 0.15) is 29.2 Å². The fourth-order valence-corrected chi connectivity index (χ4v) is 5.09. The molecule has 4 aromatic rings. The van der Waals surface area contributed by atoms with Crippen molar-refractivity contribution < 1.29 is 9.47 Å². The molecule has 1 heterocycles. The highest BCUT2D eigenvalue weighted by Gasteiger charge is 2.33. The molecular formula is C28H22O2. The predicted octanol–water partition coefficient (Wildman–Crippen LogP) is 7.11. The molecule has 1 atom stereocenters. The first-order valence-corrected chi connectivity index (χ1v) is 10.5. The molecule has 0 spiro atoms. The van der Waals surface area contributed by atoms with Crippen molar-refractivity contribution >= 4 is 21.9 Å². The third kappa shape index (κ3) is 2.43. The Balaban J connectivity index is 1.76. The number of ether oxygens (including phenoxy) is 2. The SMILES string of the molecule is COc1ccc2c(c1)/C(=C1/c3c(ccc4ccccc34)CC1C)c1ccccc1O2. The summed E-state index contributed by atoms with van der Waals surface area (Å²) in [5, 5.41) is 2.62. The summed E-state index contributed by atoms with van der Waals surface area (Å²) in [6.45, 7) is 2.34. The molecule has 1 unspecified atom stereocenters. The number of benzene rings is 4. The Hall–Kier alpha value is -3.52. The van der Waals surface area contributed by atoms with Crippen LogP contribution in [-0.2, 0) is 6.42 Å². The van der Waals surface area contributed by atoms with Crippen LogP contribution in [0.3, 0.4) is 0 Å². The summed E-state index contributed by atoms with van der Waals surface area (Å²) < 4.78 is 11.9. The van der Waals surface area contributed by atoms with Gasteiger partial charge in [0, 0.05) is 16.7 Å². The molecule has 0 bridgehead atoms. The van der Waals surface area contributed by atoms with Crippen molar-refractivity contribution in [3.63, 3.8) is 0 Å². The lowest BCUT2D eigenvalue weighted by Gasteiger charge is -2.26. The van der Waals surface area contributed by atoms with E-state index in [1.165, 1.54) is 33.0 Å². The molecule has 0 amide bonds. The first-order chi connectivity index (χ1) is 14.7. The van der Waals surface area contributed by atoms with Crippen LogP contribution in [0, 0.1) is 5.92 Å². The van der Waals surface area contributed by atoms with Gasteiger partial charge in [-0.1, -0.05) is 61.5 Å². The maximum absolute atomic E-state index is 6.29. The van der Waals surface area contributed by atoms with Crippen LogP contribution in [0.15, 0.2) is 78.9 Å². The Kier molecular flexibility index (Phi) is 3.76. The predicted molar refractivity (Wildman–Crippen MR) is 122 cm³/mol. The zero-order chi connectivity index (χ0) is 20.2. The van der Waals surface area contributed by atoms with Gasteiger partial charge < -0.3 is 9.47 Å². The quantitative estimate of drug-likeness (QED) is 0.304. The molecule has 146 valence electrons. The van der Waals surface area contributed by atoms with E-state index in [1.54, 1.807) is 7.11 Å². The number of para-hydroxylation sites is 1. The van der Waals surface area contributed by atoms with Gasteiger partial charge in [0.05, 0.1) is 7.11 Å². The minimum absolute atomic E-state index is 0.422. The molecule has 2 heteroatoms. The summed E-state index contributed by atoms with van der Waals surface area (Å²) in [6, 6.07) is 27.8. The van der Waals surface area contributed by atoms with Gasteiger partial charge >= 0.3 is 0 Å². The molecule has 2 nitrogen and oxygen atoms in total. The normalized spacial score (nSPS) is 19.1. The summed E-state index contributed by atoms with van der Waals surface area (Å²) in [6.07, 6.45) is 1.06. The van der Waals surface area contributed by atoms with Crippen LogP contribution >= 0.6 is 0 Å². The smallest absolute Gasteiger partial charge is 0.135 e. The van der Waals surface area contributed by atoms with E-state index in [9.17, 15) is 0 Å². The van der Waals surface area contributed by atoms with Gasteiger partial charge in [-0.2, -0.15) is 0 Å². The molecule has 0 N–H and O–H groups in total. The molecular weight excluding hydrogens is 368 g/mol. The second-order valence-electron chi connectivity index (χ2n) is 8.17. The van der Waals surface area contributed by atoms with E-state index < -0.39 is 0 Å². The number of rotatable bonds is 1. The second-order valence-corrected chi connectivity index (χ2v) is 8.17. The summed E-state index contributed by atoms with van der Waals surface area (Å²) >= 11 is 0. The Bertz CT molecular complexity index is 1350. The van der Waals surface area contributed by atoms with Gasteiger partial charge in [0.1, 0.15) is 17.2 Å². The van der Waals surface area contributed by atoms with E-state index in [0.29, 0.717) is 5.92 Å². The maximum atomic E-state index is 6.29. The average molecular weight is 390 g/mol. The van der Waals surface area contributed by atoms with Gasteiger partial charge in [0.25, 0.3) is 0 Å². The second kappa shape index (κ2) is 6.50. The standard InChI is InChI=1S/C28H22O2/c1-17-15-19-12-11-18-7-3-4-8-21(18)27(19)26(17)28-22-9-5-6-10-24(22)30-25-14-13-20(29-2)16-23(25)28/h3-14,16-17H,15H2,1-2H3/b28-26+. The Morgan fingerprint density at radius 1 is 0.833 bits per heavy atom. The highest BCUT2D eigenvalue weighted by Crippen LogP contribution is 2.53.